The second-order valence-corrected chi connectivity index (χ2v) is 5.77. The number of para-hydroxylation sites is 1. The summed E-state index contributed by atoms with van der Waals surface area (Å²) in [5.41, 5.74) is 3.03. The zero-order valence-electron chi connectivity index (χ0n) is 14.8. The number of hydrogen-bond acceptors (Lipinski definition) is 3. The van der Waals surface area contributed by atoms with Gasteiger partial charge in [-0.3, -0.25) is 4.99 Å². The maximum atomic E-state index is 5.42. The van der Waals surface area contributed by atoms with Crippen molar-refractivity contribution < 1.29 is 4.74 Å². The third kappa shape index (κ3) is 3.91. The molecule has 0 unspecified atom stereocenters. The summed E-state index contributed by atoms with van der Waals surface area (Å²) in [5.74, 6) is 1.69. The largest absolute Gasteiger partial charge is 0.496 e. The van der Waals surface area contributed by atoms with Gasteiger partial charge in [-0.05, 0) is 18.2 Å². The van der Waals surface area contributed by atoms with Crippen molar-refractivity contribution in [3.05, 3.63) is 66.1 Å². The molecule has 0 aliphatic carbocycles. The Morgan fingerprint density at radius 3 is 2.80 bits per heavy atom. The fourth-order valence-corrected chi connectivity index (χ4v) is 2.79. The molecule has 0 aliphatic rings. The monoisotopic (exact) mass is 337 g/mol. The molecule has 6 nitrogen and oxygen atoms in total. The first-order chi connectivity index (χ1) is 12.2. The van der Waals surface area contributed by atoms with Crippen molar-refractivity contribution in [2.24, 2.45) is 4.99 Å². The van der Waals surface area contributed by atoms with E-state index in [2.05, 4.69) is 26.3 Å². The van der Waals surface area contributed by atoms with Crippen LogP contribution in [0, 0.1) is 0 Å². The van der Waals surface area contributed by atoms with E-state index >= 15 is 0 Å². The molecule has 2 aromatic heterocycles. The van der Waals surface area contributed by atoms with Gasteiger partial charge in [-0.1, -0.05) is 24.3 Å². The van der Waals surface area contributed by atoms with Gasteiger partial charge in [-0.25, -0.2) is 4.98 Å². The molecule has 0 saturated carbocycles. The second-order valence-electron chi connectivity index (χ2n) is 5.77. The van der Waals surface area contributed by atoms with Crippen LogP contribution in [-0.2, 0) is 13.1 Å². The van der Waals surface area contributed by atoms with Gasteiger partial charge in [0.25, 0.3) is 0 Å². The van der Waals surface area contributed by atoms with E-state index < -0.39 is 0 Å². The van der Waals surface area contributed by atoms with Gasteiger partial charge in [-0.2, -0.15) is 0 Å². The molecule has 25 heavy (non-hydrogen) atoms. The molecule has 0 bridgehead atoms. The quantitative estimate of drug-likeness (QED) is 0.574. The molecule has 0 aliphatic heterocycles. The molecular formula is C19H23N5O. The SMILES string of the molecule is CN=C(NCc1cn2ccccc2n1)N(C)Cc1ccccc1OC. The third-order valence-electron chi connectivity index (χ3n) is 4.01. The van der Waals surface area contributed by atoms with Gasteiger partial charge in [-0.15, -0.1) is 0 Å². The van der Waals surface area contributed by atoms with Crippen LogP contribution in [0.4, 0.5) is 0 Å². The van der Waals surface area contributed by atoms with Gasteiger partial charge in [0.1, 0.15) is 11.4 Å². The number of fused-ring (bicyclic) bond motifs is 1. The predicted molar refractivity (Wildman–Crippen MR) is 99.9 cm³/mol. The van der Waals surface area contributed by atoms with Crippen molar-refractivity contribution in [3.63, 3.8) is 0 Å². The lowest BCUT2D eigenvalue weighted by Crippen LogP contribution is -2.38. The van der Waals surface area contributed by atoms with Crippen LogP contribution in [0.3, 0.4) is 0 Å². The Hall–Kier alpha value is -3.02. The number of imidazole rings is 1. The molecular weight excluding hydrogens is 314 g/mol. The van der Waals surface area contributed by atoms with Gasteiger partial charge >= 0.3 is 0 Å². The first-order valence-corrected chi connectivity index (χ1v) is 8.17. The van der Waals surface area contributed by atoms with E-state index in [0.717, 1.165) is 28.6 Å². The van der Waals surface area contributed by atoms with E-state index in [1.165, 1.54) is 0 Å². The highest BCUT2D eigenvalue weighted by Crippen LogP contribution is 2.18. The zero-order chi connectivity index (χ0) is 17.6. The summed E-state index contributed by atoms with van der Waals surface area (Å²) in [7, 11) is 5.48. The molecule has 0 radical (unpaired) electrons. The topological polar surface area (TPSA) is 54.2 Å². The van der Waals surface area contributed by atoms with E-state index in [4.69, 9.17) is 4.74 Å². The van der Waals surface area contributed by atoms with Crippen LogP contribution in [0.1, 0.15) is 11.3 Å². The Morgan fingerprint density at radius 2 is 2.04 bits per heavy atom. The van der Waals surface area contributed by atoms with Crippen LogP contribution in [0.5, 0.6) is 5.75 Å². The van der Waals surface area contributed by atoms with Crippen molar-refractivity contribution in [1.29, 1.82) is 0 Å². The molecule has 3 aromatic rings. The van der Waals surface area contributed by atoms with E-state index in [0.29, 0.717) is 13.1 Å². The summed E-state index contributed by atoms with van der Waals surface area (Å²) in [5, 5.41) is 3.36. The summed E-state index contributed by atoms with van der Waals surface area (Å²) in [4.78, 5) is 11.0. The molecule has 0 saturated heterocycles. The molecule has 1 N–H and O–H groups in total. The van der Waals surface area contributed by atoms with Crippen LogP contribution >= 0.6 is 0 Å². The number of nitrogens with one attached hydrogen (secondary N) is 1. The molecule has 0 spiro atoms. The molecule has 0 fully saturated rings. The van der Waals surface area contributed by atoms with E-state index in [1.807, 2.05) is 60.2 Å². The molecule has 3 rings (SSSR count). The lowest BCUT2D eigenvalue weighted by molar-refractivity contribution is 0.396. The van der Waals surface area contributed by atoms with Crippen LogP contribution in [0.25, 0.3) is 5.65 Å². The Bertz CT molecular complexity index is 838. The molecule has 0 amide bonds. The molecule has 0 atom stereocenters. The number of hydrogen-bond donors (Lipinski definition) is 1. The maximum absolute atomic E-state index is 5.42. The average molecular weight is 337 g/mol. The second kappa shape index (κ2) is 7.70. The fraction of sp³-hybridized carbons (Fsp3) is 0.263. The van der Waals surface area contributed by atoms with Crippen molar-refractivity contribution in [2.75, 3.05) is 21.2 Å². The molecule has 6 heteroatoms. The third-order valence-corrected chi connectivity index (χ3v) is 4.01. The summed E-state index contributed by atoms with van der Waals surface area (Å²) >= 11 is 0. The van der Waals surface area contributed by atoms with Crippen molar-refractivity contribution in [1.82, 2.24) is 19.6 Å². The number of methoxy groups -OCH3 is 1. The van der Waals surface area contributed by atoms with Gasteiger partial charge in [0.15, 0.2) is 5.96 Å². The first-order valence-electron chi connectivity index (χ1n) is 8.17. The number of pyridine rings is 1. The van der Waals surface area contributed by atoms with Crippen LogP contribution in [-0.4, -0.2) is 41.4 Å². The number of aromatic nitrogens is 2. The average Bonchev–Trinajstić information content (AvgIpc) is 3.05. The van der Waals surface area contributed by atoms with Gasteiger partial charge < -0.3 is 19.4 Å². The summed E-state index contributed by atoms with van der Waals surface area (Å²) in [6.45, 7) is 1.32. The Labute approximate surface area is 147 Å². The Balaban J connectivity index is 1.65. The van der Waals surface area contributed by atoms with Gasteiger partial charge in [0, 0.05) is 38.6 Å². The van der Waals surface area contributed by atoms with E-state index in [9.17, 15) is 0 Å². The number of guanidine groups is 1. The van der Waals surface area contributed by atoms with E-state index in [-0.39, 0.29) is 0 Å². The number of ether oxygens (including phenoxy) is 1. The zero-order valence-corrected chi connectivity index (χ0v) is 14.8. The fourth-order valence-electron chi connectivity index (χ4n) is 2.79. The smallest absolute Gasteiger partial charge is 0.194 e. The number of aliphatic imine (C=N–C) groups is 1. The minimum absolute atomic E-state index is 0.616. The van der Waals surface area contributed by atoms with Crippen LogP contribution in [0.15, 0.2) is 59.9 Å². The van der Waals surface area contributed by atoms with Gasteiger partial charge in [0.2, 0.25) is 0 Å². The van der Waals surface area contributed by atoms with Crippen LogP contribution in [0.2, 0.25) is 0 Å². The normalized spacial score (nSPS) is 11.6. The molecule has 130 valence electrons. The summed E-state index contributed by atoms with van der Waals surface area (Å²) in [6, 6.07) is 14.0. The molecule has 2 heterocycles. The van der Waals surface area contributed by atoms with E-state index in [1.54, 1.807) is 14.2 Å². The minimum atomic E-state index is 0.616. The predicted octanol–water partition coefficient (Wildman–Crippen LogP) is 2.55. The summed E-state index contributed by atoms with van der Waals surface area (Å²) < 4.78 is 7.44. The number of rotatable bonds is 5. The first kappa shape index (κ1) is 16.8. The highest BCUT2D eigenvalue weighted by Gasteiger charge is 2.10. The highest BCUT2D eigenvalue weighted by molar-refractivity contribution is 5.79. The standard InChI is InChI=1S/C19H23N5O/c1-20-19(23(2)13-15-8-4-5-9-17(15)25-3)21-12-16-14-24-11-7-6-10-18(24)22-16/h4-11,14H,12-13H2,1-3H3,(H,20,21). The Morgan fingerprint density at radius 1 is 1.24 bits per heavy atom. The van der Waals surface area contributed by atoms with Crippen molar-refractivity contribution in [2.45, 2.75) is 13.1 Å². The molecule has 1 aromatic carbocycles. The van der Waals surface area contributed by atoms with Crippen molar-refractivity contribution in [3.8, 4) is 5.75 Å². The highest BCUT2D eigenvalue weighted by atomic mass is 16.5. The van der Waals surface area contributed by atoms with Crippen molar-refractivity contribution >= 4 is 11.6 Å². The minimum Gasteiger partial charge on any atom is -0.496 e. The lowest BCUT2D eigenvalue weighted by Gasteiger charge is -2.22. The maximum Gasteiger partial charge on any atom is 0.194 e. The number of benzene rings is 1. The lowest BCUT2D eigenvalue weighted by atomic mass is 10.2. The van der Waals surface area contributed by atoms with Crippen LogP contribution < -0.4 is 10.1 Å². The summed E-state index contributed by atoms with van der Waals surface area (Å²) in [6.07, 6.45) is 4.02. The van der Waals surface area contributed by atoms with Gasteiger partial charge in [0.05, 0.1) is 19.3 Å². The number of nitrogens with zero attached hydrogens (tertiary/aromatic N) is 4. The Kier molecular flexibility index (Phi) is 5.18.